The maximum Gasteiger partial charge on any atom is 0.313 e. The highest BCUT2D eigenvalue weighted by molar-refractivity contribution is 6.41. The van der Waals surface area contributed by atoms with Crippen molar-refractivity contribution in [3.8, 4) is 0 Å². The average Bonchev–Trinajstić information content (AvgIpc) is 2.91. The second-order valence-electron chi connectivity index (χ2n) is 3.70. The molecule has 19 heavy (non-hydrogen) atoms. The second kappa shape index (κ2) is 6.06. The Bertz CT molecular complexity index is 581. The van der Waals surface area contributed by atoms with E-state index in [1.165, 1.54) is 6.26 Å². The Morgan fingerprint density at radius 2 is 1.89 bits per heavy atom. The molecule has 1 heterocycles. The van der Waals surface area contributed by atoms with Crippen molar-refractivity contribution in [2.24, 2.45) is 0 Å². The molecule has 0 aliphatic rings. The zero-order chi connectivity index (χ0) is 13.7. The molecule has 98 valence electrons. The highest BCUT2D eigenvalue weighted by Crippen LogP contribution is 2.20. The zero-order valence-corrected chi connectivity index (χ0v) is 10.6. The third-order valence-electron chi connectivity index (χ3n) is 2.33. The van der Waals surface area contributed by atoms with Gasteiger partial charge in [-0.1, -0.05) is 23.7 Å². The fourth-order valence-corrected chi connectivity index (χ4v) is 1.59. The van der Waals surface area contributed by atoms with Crippen LogP contribution >= 0.6 is 11.6 Å². The number of benzene rings is 1. The van der Waals surface area contributed by atoms with Crippen LogP contribution in [-0.4, -0.2) is 11.8 Å². The van der Waals surface area contributed by atoms with Crippen LogP contribution in [0.25, 0.3) is 0 Å². The lowest BCUT2D eigenvalue weighted by Crippen LogP contribution is -2.34. The van der Waals surface area contributed by atoms with E-state index in [0.717, 1.165) is 0 Å². The highest BCUT2D eigenvalue weighted by atomic mass is 35.5. The molecule has 1 aromatic heterocycles. The molecule has 0 bridgehead atoms. The first kappa shape index (κ1) is 13.2. The van der Waals surface area contributed by atoms with Crippen LogP contribution in [0.15, 0.2) is 47.1 Å². The van der Waals surface area contributed by atoms with Gasteiger partial charge < -0.3 is 15.1 Å². The van der Waals surface area contributed by atoms with Crippen molar-refractivity contribution in [3.63, 3.8) is 0 Å². The third kappa shape index (κ3) is 3.59. The van der Waals surface area contributed by atoms with Gasteiger partial charge in [0.05, 0.1) is 23.5 Å². The smallest absolute Gasteiger partial charge is 0.313 e. The van der Waals surface area contributed by atoms with Gasteiger partial charge in [0.1, 0.15) is 5.76 Å². The number of hydrogen-bond donors (Lipinski definition) is 2. The van der Waals surface area contributed by atoms with Gasteiger partial charge in [0.2, 0.25) is 0 Å². The Morgan fingerprint density at radius 3 is 2.58 bits per heavy atom. The molecule has 0 aliphatic heterocycles. The molecule has 0 saturated carbocycles. The van der Waals surface area contributed by atoms with E-state index in [-0.39, 0.29) is 6.54 Å². The Hall–Kier alpha value is -2.27. The maximum atomic E-state index is 11.6. The van der Waals surface area contributed by atoms with E-state index in [0.29, 0.717) is 16.5 Å². The number of carbonyl (C=O) groups is 2. The van der Waals surface area contributed by atoms with Crippen LogP contribution in [0.2, 0.25) is 5.02 Å². The Kier molecular flexibility index (Phi) is 4.20. The van der Waals surface area contributed by atoms with Crippen molar-refractivity contribution in [1.82, 2.24) is 5.32 Å². The molecule has 6 heteroatoms. The molecule has 0 fully saturated rings. The summed E-state index contributed by atoms with van der Waals surface area (Å²) in [5.41, 5.74) is 0.391. The molecule has 0 atom stereocenters. The van der Waals surface area contributed by atoms with Crippen LogP contribution in [0, 0.1) is 0 Å². The molecule has 5 nitrogen and oxygen atoms in total. The summed E-state index contributed by atoms with van der Waals surface area (Å²) in [6, 6.07) is 10.1. The van der Waals surface area contributed by atoms with Gasteiger partial charge >= 0.3 is 11.8 Å². The van der Waals surface area contributed by atoms with Crippen LogP contribution in [0.1, 0.15) is 5.76 Å². The van der Waals surface area contributed by atoms with E-state index in [1.54, 1.807) is 36.4 Å². The standard InChI is InChI=1S/C13H11ClN2O3/c14-10-5-1-2-6-11(10)16-13(18)12(17)15-8-9-4-3-7-19-9/h1-7H,8H2,(H,15,17)(H,16,18). The minimum Gasteiger partial charge on any atom is -0.467 e. The predicted molar refractivity (Wildman–Crippen MR) is 70.6 cm³/mol. The number of nitrogens with one attached hydrogen (secondary N) is 2. The summed E-state index contributed by atoms with van der Waals surface area (Å²) in [4.78, 5) is 23.2. The van der Waals surface area contributed by atoms with Gasteiger partial charge in [-0.2, -0.15) is 0 Å². The number of halogens is 1. The molecular weight excluding hydrogens is 268 g/mol. The van der Waals surface area contributed by atoms with E-state index in [2.05, 4.69) is 10.6 Å². The number of carbonyl (C=O) groups excluding carboxylic acids is 2. The quantitative estimate of drug-likeness (QED) is 0.846. The van der Waals surface area contributed by atoms with Crippen molar-refractivity contribution in [3.05, 3.63) is 53.4 Å². The summed E-state index contributed by atoms with van der Waals surface area (Å²) < 4.78 is 5.03. The Labute approximate surface area is 114 Å². The lowest BCUT2D eigenvalue weighted by Gasteiger charge is -2.06. The van der Waals surface area contributed by atoms with E-state index >= 15 is 0 Å². The molecule has 0 spiro atoms. The number of amides is 2. The molecule has 2 N–H and O–H groups in total. The van der Waals surface area contributed by atoms with Crippen molar-refractivity contribution >= 4 is 29.1 Å². The van der Waals surface area contributed by atoms with Crippen molar-refractivity contribution in [2.75, 3.05) is 5.32 Å². The Morgan fingerprint density at radius 1 is 1.11 bits per heavy atom. The fourth-order valence-electron chi connectivity index (χ4n) is 1.40. The molecule has 0 radical (unpaired) electrons. The van der Waals surface area contributed by atoms with Crippen molar-refractivity contribution < 1.29 is 14.0 Å². The van der Waals surface area contributed by atoms with E-state index in [1.807, 2.05) is 0 Å². The minimum absolute atomic E-state index is 0.155. The normalized spacial score (nSPS) is 9.95. The Balaban J connectivity index is 1.89. The second-order valence-corrected chi connectivity index (χ2v) is 4.10. The minimum atomic E-state index is -0.778. The number of rotatable bonds is 3. The number of para-hydroxylation sites is 1. The summed E-state index contributed by atoms with van der Waals surface area (Å²) >= 11 is 5.87. The molecular formula is C13H11ClN2O3. The van der Waals surface area contributed by atoms with Gasteiger partial charge in [-0.3, -0.25) is 9.59 Å². The maximum absolute atomic E-state index is 11.6. The first-order chi connectivity index (χ1) is 9.16. The highest BCUT2D eigenvalue weighted by Gasteiger charge is 2.14. The zero-order valence-electron chi connectivity index (χ0n) is 9.85. The average molecular weight is 279 g/mol. The molecule has 2 rings (SSSR count). The summed E-state index contributed by atoms with van der Waals surface area (Å²) in [6.45, 7) is 0.155. The van der Waals surface area contributed by atoms with Crippen LogP contribution in [0.5, 0.6) is 0 Å². The molecule has 2 aromatic rings. The lowest BCUT2D eigenvalue weighted by molar-refractivity contribution is -0.136. The number of furan rings is 1. The summed E-state index contributed by atoms with van der Waals surface area (Å²) in [5.74, 6) is -0.963. The van der Waals surface area contributed by atoms with Gasteiger partial charge in [0.25, 0.3) is 0 Å². The van der Waals surface area contributed by atoms with E-state index < -0.39 is 11.8 Å². The number of hydrogen-bond acceptors (Lipinski definition) is 3. The molecule has 0 aliphatic carbocycles. The molecule has 2 amide bonds. The van der Waals surface area contributed by atoms with Gasteiger partial charge in [-0.05, 0) is 24.3 Å². The predicted octanol–water partition coefficient (Wildman–Crippen LogP) is 2.19. The lowest BCUT2D eigenvalue weighted by atomic mass is 10.3. The van der Waals surface area contributed by atoms with Gasteiger partial charge in [0.15, 0.2) is 0 Å². The summed E-state index contributed by atoms with van der Waals surface area (Å²) in [5, 5.41) is 5.23. The van der Waals surface area contributed by atoms with E-state index in [9.17, 15) is 9.59 Å². The van der Waals surface area contributed by atoms with Crippen LogP contribution < -0.4 is 10.6 Å². The molecule has 1 aromatic carbocycles. The third-order valence-corrected chi connectivity index (χ3v) is 2.66. The van der Waals surface area contributed by atoms with Crippen molar-refractivity contribution in [2.45, 2.75) is 6.54 Å². The van der Waals surface area contributed by atoms with Crippen LogP contribution in [0.3, 0.4) is 0 Å². The topological polar surface area (TPSA) is 71.3 Å². The summed E-state index contributed by atoms with van der Waals surface area (Å²) in [7, 11) is 0. The first-order valence-corrected chi connectivity index (χ1v) is 5.90. The van der Waals surface area contributed by atoms with Crippen molar-refractivity contribution in [1.29, 1.82) is 0 Å². The van der Waals surface area contributed by atoms with Crippen LogP contribution in [-0.2, 0) is 16.1 Å². The van der Waals surface area contributed by atoms with Gasteiger partial charge in [-0.15, -0.1) is 0 Å². The van der Waals surface area contributed by atoms with Crippen LogP contribution in [0.4, 0.5) is 5.69 Å². The molecule has 0 saturated heterocycles. The first-order valence-electron chi connectivity index (χ1n) is 5.53. The monoisotopic (exact) mass is 278 g/mol. The summed E-state index contributed by atoms with van der Waals surface area (Å²) in [6.07, 6.45) is 1.49. The van der Waals surface area contributed by atoms with Gasteiger partial charge in [-0.25, -0.2) is 0 Å². The fraction of sp³-hybridized carbons (Fsp3) is 0.0769. The van der Waals surface area contributed by atoms with Gasteiger partial charge in [0, 0.05) is 0 Å². The largest absolute Gasteiger partial charge is 0.467 e. The SMILES string of the molecule is O=C(NCc1ccco1)C(=O)Nc1ccccc1Cl. The van der Waals surface area contributed by atoms with E-state index in [4.69, 9.17) is 16.0 Å². The molecule has 0 unspecified atom stereocenters. The number of anilines is 1.